The second kappa shape index (κ2) is 13.8. The number of hydrazine groups is 1. The molecule has 4 heterocycles. The maximum atomic E-state index is 11.6. The number of rotatable bonds is 6. The van der Waals surface area contributed by atoms with Crippen molar-refractivity contribution in [2.75, 3.05) is 32.0 Å². The average Bonchev–Trinajstić information content (AvgIpc) is 3.22. The molecule has 0 atom stereocenters. The number of allylic oxidation sites excluding steroid dienone is 4. The van der Waals surface area contributed by atoms with E-state index in [1.54, 1.807) is 26.2 Å². The Morgan fingerprint density at radius 1 is 1.15 bits per heavy atom. The first-order valence-corrected chi connectivity index (χ1v) is 12.9. The number of nitrogens with one attached hydrogen (secondary N) is 1. The van der Waals surface area contributed by atoms with Crippen molar-refractivity contribution < 1.29 is 9.59 Å². The van der Waals surface area contributed by atoms with Gasteiger partial charge in [0.2, 0.25) is 0 Å². The molecule has 0 radical (unpaired) electrons. The van der Waals surface area contributed by atoms with E-state index in [9.17, 15) is 9.59 Å². The summed E-state index contributed by atoms with van der Waals surface area (Å²) in [5.41, 5.74) is 12.7. The summed E-state index contributed by atoms with van der Waals surface area (Å²) in [5.74, 6) is 5.79. The number of nitrogens with two attached hydrogens (primary N) is 2. The van der Waals surface area contributed by atoms with Crippen molar-refractivity contribution in [2.45, 2.75) is 48.0 Å². The van der Waals surface area contributed by atoms with Gasteiger partial charge in [-0.25, -0.2) is 5.84 Å². The van der Waals surface area contributed by atoms with Gasteiger partial charge in [-0.05, 0) is 50.0 Å². The fourth-order valence-electron chi connectivity index (χ4n) is 4.17. The highest BCUT2D eigenvalue weighted by atomic mass is 16.1. The van der Waals surface area contributed by atoms with E-state index in [1.807, 2.05) is 33.2 Å². The van der Waals surface area contributed by atoms with E-state index in [0.717, 1.165) is 47.7 Å². The number of nitrogens with zero attached hydrogens (tertiary/aromatic N) is 6. The maximum Gasteiger partial charge on any atom is 0.180 e. The maximum absolute atomic E-state index is 11.6. The van der Waals surface area contributed by atoms with Gasteiger partial charge in [-0.2, -0.15) is 15.0 Å². The number of aryl methyl sites for hydroxylation is 4. The van der Waals surface area contributed by atoms with Crippen LogP contribution in [0.15, 0.2) is 42.0 Å². The molecule has 11 heteroatoms. The number of anilines is 1. The second-order valence-electron chi connectivity index (χ2n) is 10.4. The predicted molar refractivity (Wildman–Crippen MR) is 155 cm³/mol. The van der Waals surface area contributed by atoms with E-state index in [-0.39, 0.29) is 11.5 Å². The lowest BCUT2D eigenvalue weighted by Crippen LogP contribution is -2.53. The van der Waals surface area contributed by atoms with Gasteiger partial charge >= 0.3 is 0 Å². The van der Waals surface area contributed by atoms with E-state index >= 15 is 0 Å². The van der Waals surface area contributed by atoms with Gasteiger partial charge in [0.15, 0.2) is 5.78 Å². The van der Waals surface area contributed by atoms with Crippen molar-refractivity contribution >= 4 is 23.3 Å². The number of pyridine rings is 1. The van der Waals surface area contributed by atoms with Gasteiger partial charge in [0.25, 0.3) is 0 Å². The van der Waals surface area contributed by atoms with Gasteiger partial charge in [0.1, 0.15) is 17.7 Å². The fraction of sp³-hybridized carbons (Fsp3) is 0.464. The standard InChI is InChI=1S/C13H18N6O.C8H12N2.C7H13NO/c1-4-11(20)12(14)10-6-5-9(7-19(10)15)13-8(2)16-18(3)17-13;1-6-4-8(9-3)5-10-7(6)2;1-7(2)5-8(6-7)3-4-9/h5-7H,4,14-15H2,1-3H3;4-5,9H,1-3H3;4H,3,5-6H2,1-2H3/b12-10-;;. The lowest BCUT2D eigenvalue weighted by molar-refractivity contribution is -0.115. The number of Topliss-reactive ketones (excluding diaryl/α,β-unsaturated/α-hetero) is 1. The summed E-state index contributed by atoms with van der Waals surface area (Å²) in [7, 11) is 3.65. The summed E-state index contributed by atoms with van der Waals surface area (Å²) >= 11 is 0. The minimum atomic E-state index is -0.132. The fourth-order valence-corrected chi connectivity index (χ4v) is 4.17. The number of likely N-dealkylation sites (tertiary alicyclic amines) is 1. The number of hydrogen-bond acceptors (Lipinski definition) is 10. The lowest BCUT2D eigenvalue weighted by Gasteiger charge is -2.44. The molecule has 0 amide bonds. The zero-order valence-corrected chi connectivity index (χ0v) is 24.4. The third kappa shape index (κ3) is 8.86. The van der Waals surface area contributed by atoms with Gasteiger partial charge in [0, 0.05) is 51.1 Å². The van der Waals surface area contributed by atoms with Crippen LogP contribution in [0.25, 0.3) is 5.57 Å². The van der Waals surface area contributed by atoms with Crippen LogP contribution >= 0.6 is 0 Å². The van der Waals surface area contributed by atoms with Gasteiger partial charge in [-0.15, -0.1) is 0 Å². The van der Waals surface area contributed by atoms with E-state index in [0.29, 0.717) is 24.1 Å². The molecule has 1 saturated heterocycles. The largest absolute Gasteiger partial charge is 0.394 e. The van der Waals surface area contributed by atoms with E-state index in [4.69, 9.17) is 11.6 Å². The van der Waals surface area contributed by atoms with Crippen molar-refractivity contribution in [3.63, 3.8) is 0 Å². The van der Waals surface area contributed by atoms with Crippen LogP contribution in [0.1, 0.15) is 49.8 Å². The molecule has 212 valence electrons. The highest BCUT2D eigenvalue weighted by Gasteiger charge is 2.33. The molecular weight excluding hydrogens is 494 g/mol. The van der Waals surface area contributed by atoms with Crippen molar-refractivity contribution in [3.8, 4) is 0 Å². The van der Waals surface area contributed by atoms with Crippen molar-refractivity contribution in [3.05, 3.63) is 64.7 Å². The smallest absolute Gasteiger partial charge is 0.180 e. The van der Waals surface area contributed by atoms with Crippen LogP contribution in [0.3, 0.4) is 0 Å². The zero-order chi connectivity index (χ0) is 29.3. The zero-order valence-electron chi connectivity index (χ0n) is 24.4. The molecule has 0 aliphatic carbocycles. The van der Waals surface area contributed by atoms with Crippen LogP contribution in [0.5, 0.6) is 0 Å². The Hall–Kier alpha value is -3.83. The van der Waals surface area contributed by atoms with Crippen LogP contribution in [0.2, 0.25) is 0 Å². The summed E-state index contributed by atoms with van der Waals surface area (Å²) in [6.45, 7) is 14.9. The SMILES string of the molecule is CC1(C)CN(CC=O)C1.CCC(=O)/C(N)=C1\C=CC(c2nn(C)nc2C)=CN1N.CNc1cnc(C)c(C)c1. The van der Waals surface area contributed by atoms with Crippen LogP contribution in [-0.4, -0.2) is 68.6 Å². The molecule has 11 nitrogen and oxygen atoms in total. The van der Waals surface area contributed by atoms with Gasteiger partial charge in [0.05, 0.1) is 29.8 Å². The molecule has 0 unspecified atom stereocenters. The molecule has 2 aliphatic rings. The predicted octanol–water partition coefficient (Wildman–Crippen LogP) is 2.63. The summed E-state index contributed by atoms with van der Waals surface area (Å²) in [6, 6.07) is 2.09. The minimum Gasteiger partial charge on any atom is -0.394 e. The first-order chi connectivity index (χ1) is 18.3. The minimum absolute atomic E-state index is 0.132. The van der Waals surface area contributed by atoms with Crippen LogP contribution in [0.4, 0.5) is 5.69 Å². The summed E-state index contributed by atoms with van der Waals surface area (Å²) in [5, 5.41) is 12.8. The van der Waals surface area contributed by atoms with Crippen LogP contribution in [-0.2, 0) is 16.6 Å². The molecule has 0 aromatic carbocycles. The molecule has 2 aromatic rings. The monoisotopic (exact) mass is 537 g/mol. The normalized spacial score (nSPS) is 17.1. The number of ketones is 1. The Morgan fingerprint density at radius 2 is 1.82 bits per heavy atom. The Kier molecular flexibility index (Phi) is 11.1. The summed E-state index contributed by atoms with van der Waals surface area (Å²) in [4.78, 5) is 29.4. The summed E-state index contributed by atoms with van der Waals surface area (Å²) in [6.07, 6.45) is 8.37. The Morgan fingerprint density at radius 3 is 2.28 bits per heavy atom. The number of hydrogen-bond donors (Lipinski definition) is 3. The number of aldehydes is 1. The van der Waals surface area contributed by atoms with Crippen LogP contribution < -0.4 is 16.9 Å². The molecule has 0 saturated carbocycles. The quantitative estimate of drug-likeness (QED) is 0.285. The molecule has 1 fully saturated rings. The Balaban J connectivity index is 0.000000233. The Bertz CT molecular complexity index is 1250. The highest BCUT2D eigenvalue weighted by Crippen LogP contribution is 2.27. The molecule has 5 N–H and O–H groups in total. The number of carbonyl (C=O) groups is 2. The van der Waals surface area contributed by atoms with Crippen molar-refractivity contribution in [2.24, 2.45) is 24.0 Å². The molecule has 39 heavy (non-hydrogen) atoms. The lowest BCUT2D eigenvalue weighted by atomic mass is 9.85. The van der Waals surface area contributed by atoms with Crippen molar-refractivity contribution in [1.82, 2.24) is 29.9 Å². The first kappa shape index (κ1) is 31.4. The molecule has 4 rings (SSSR count). The number of aromatic nitrogens is 4. The third-order valence-electron chi connectivity index (χ3n) is 6.29. The average molecular weight is 538 g/mol. The topological polar surface area (TPSA) is 148 Å². The van der Waals surface area contributed by atoms with E-state index in [1.165, 1.54) is 15.4 Å². The molecule has 0 spiro atoms. The number of carbonyl (C=O) groups excluding carboxylic acids is 2. The molecular formula is C28H43N9O2. The van der Waals surface area contributed by atoms with Gasteiger partial charge < -0.3 is 15.8 Å². The third-order valence-corrected chi connectivity index (χ3v) is 6.29. The van der Waals surface area contributed by atoms with Crippen molar-refractivity contribution in [1.29, 1.82) is 0 Å². The second-order valence-corrected chi connectivity index (χ2v) is 10.4. The molecule has 2 aromatic heterocycles. The van der Waals surface area contributed by atoms with E-state index in [2.05, 4.69) is 52.2 Å². The van der Waals surface area contributed by atoms with Crippen LogP contribution in [0, 0.1) is 26.2 Å². The first-order valence-electron chi connectivity index (χ1n) is 12.9. The highest BCUT2D eigenvalue weighted by molar-refractivity contribution is 5.95. The molecule has 0 bridgehead atoms. The van der Waals surface area contributed by atoms with E-state index < -0.39 is 0 Å². The summed E-state index contributed by atoms with van der Waals surface area (Å²) < 4.78 is 0. The van der Waals surface area contributed by atoms with Gasteiger partial charge in [-0.1, -0.05) is 20.8 Å². The Labute approximate surface area is 231 Å². The van der Waals surface area contributed by atoms with Gasteiger partial charge in [-0.3, -0.25) is 19.7 Å². The molecule has 2 aliphatic heterocycles.